The summed E-state index contributed by atoms with van der Waals surface area (Å²) in [5, 5.41) is 2.57. The molecule has 50 heavy (non-hydrogen) atoms. The highest BCUT2D eigenvalue weighted by molar-refractivity contribution is 6.07. The molecule has 0 saturated heterocycles. The highest BCUT2D eigenvalue weighted by atomic mass is 16.5. The Kier molecular flexibility index (Phi) is 5.51. The molecule has 8 aromatic rings. The molecule has 2 atom stereocenters. The Morgan fingerprint density at radius 1 is 0.380 bits per heavy atom. The SMILES string of the molecule is CC1(c2ccccc2)c2ccccc2Oc2cccc(-c3cccc4c3C3(c5ccccc5-4)c4ccccc4-c4c3ccc3ccccc43)c21. The van der Waals surface area contributed by atoms with Crippen molar-refractivity contribution in [3.63, 3.8) is 0 Å². The van der Waals surface area contributed by atoms with E-state index in [9.17, 15) is 0 Å². The lowest BCUT2D eigenvalue weighted by molar-refractivity contribution is 0.428. The second-order valence-corrected chi connectivity index (χ2v) is 14.0. The molecule has 8 aromatic carbocycles. The Balaban J connectivity index is 1.29. The van der Waals surface area contributed by atoms with E-state index in [1.165, 1.54) is 83.1 Å². The van der Waals surface area contributed by atoms with Crippen LogP contribution in [-0.4, -0.2) is 0 Å². The highest BCUT2D eigenvalue weighted by Gasteiger charge is 2.53. The van der Waals surface area contributed by atoms with Gasteiger partial charge in [-0.1, -0.05) is 164 Å². The van der Waals surface area contributed by atoms with Crippen LogP contribution in [0.3, 0.4) is 0 Å². The lowest BCUT2D eigenvalue weighted by Crippen LogP contribution is -2.31. The lowest BCUT2D eigenvalue weighted by Gasteiger charge is -2.40. The molecule has 0 aromatic heterocycles. The molecule has 1 nitrogen and oxygen atoms in total. The zero-order valence-electron chi connectivity index (χ0n) is 27.7. The fourth-order valence-electron chi connectivity index (χ4n) is 9.84. The first-order chi connectivity index (χ1) is 24.7. The first-order valence-corrected chi connectivity index (χ1v) is 17.5. The molecule has 3 aliphatic rings. The summed E-state index contributed by atoms with van der Waals surface area (Å²) in [6.45, 7) is 2.38. The second-order valence-electron chi connectivity index (χ2n) is 14.0. The summed E-state index contributed by atoms with van der Waals surface area (Å²) < 4.78 is 6.82. The van der Waals surface area contributed by atoms with E-state index in [2.05, 4.69) is 183 Å². The van der Waals surface area contributed by atoms with Crippen molar-refractivity contribution < 1.29 is 4.74 Å². The van der Waals surface area contributed by atoms with Crippen molar-refractivity contribution in [1.82, 2.24) is 0 Å². The summed E-state index contributed by atoms with van der Waals surface area (Å²) in [5.74, 6) is 1.82. The van der Waals surface area contributed by atoms with E-state index in [-0.39, 0.29) is 0 Å². The quantitative estimate of drug-likeness (QED) is 0.183. The Morgan fingerprint density at radius 3 is 1.76 bits per heavy atom. The predicted molar refractivity (Wildman–Crippen MR) is 204 cm³/mol. The fraction of sp³-hybridized carbons (Fsp3) is 0.0612. The third-order valence-electron chi connectivity index (χ3n) is 11.8. The summed E-state index contributed by atoms with van der Waals surface area (Å²) in [4.78, 5) is 0. The molecular formula is C49H32O. The van der Waals surface area contributed by atoms with E-state index in [1.54, 1.807) is 0 Å². The summed E-state index contributed by atoms with van der Waals surface area (Å²) >= 11 is 0. The lowest BCUT2D eigenvalue weighted by atomic mass is 9.65. The van der Waals surface area contributed by atoms with Gasteiger partial charge in [0.1, 0.15) is 11.5 Å². The molecule has 0 radical (unpaired) electrons. The van der Waals surface area contributed by atoms with Crippen molar-refractivity contribution in [1.29, 1.82) is 0 Å². The van der Waals surface area contributed by atoms with E-state index >= 15 is 0 Å². The van der Waals surface area contributed by atoms with Crippen molar-refractivity contribution in [2.45, 2.75) is 17.8 Å². The Bertz CT molecular complexity index is 2700. The molecule has 234 valence electrons. The van der Waals surface area contributed by atoms with Crippen LogP contribution in [0.25, 0.3) is 44.2 Å². The second kappa shape index (κ2) is 9.94. The van der Waals surface area contributed by atoms with Crippen molar-refractivity contribution in [2.24, 2.45) is 0 Å². The average molecular weight is 637 g/mol. The Labute approximate surface area is 292 Å². The van der Waals surface area contributed by atoms with Gasteiger partial charge in [-0.3, -0.25) is 0 Å². The molecule has 11 rings (SSSR count). The third kappa shape index (κ3) is 3.32. The van der Waals surface area contributed by atoms with Crippen LogP contribution in [0.2, 0.25) is 0 Å². The molecule has 1 spiro atoms. The number of benzene rings is 8. The van der Waals surface area contributed by atoms with Gasteiger partial charge in [-0.15, -0.1) is 0 Å². The monoisotopic (exact) mass is 636 g/mol. The van der Waals surface area contributed by atoms with E-state index < -0.39 is 10.8 Å². The third-order valence-corrected chi connectivity index (χ3v) is 11.8. The summed E-state index contributed by atoms with van der Waals surface area (Å²) in [7, 11) is 0. The Morgan fingerprint density at radius 2 is 0.940 bits per heavy atom. The van der Waals surface area contributed by atoms with E-state index in [4.69, 9.17) is 4.74 Å². The molecule has 0 fully saturated rings. The van der Waals surface area contributed by atoms with Gasteiger partial charge in [0.2, 0.25) is 0 Å². The highest BCUT2D eigenvalue weighted by Crippen LogP contribution is 2.66. The van der Waals surface area contributed by atoms with Gasteiger partial charge in [-0.05, 0) is 91.0 Å². The maximum atomic E-state index is 6.82. The van der Waals surface area contributed by atoms with Crippen molar-refractivity contribution in [3.05, 3.63) is 215 Å². The van der Waals surface area contributed by atoms with Crippen molar-refractivity contribution in [2.75, 3.05) is 0 Å². The number of rotatable bonds is 2. The number of fused-ring (bicyclic) bond motifs is 14. The van der Waals surface area contributed by atoms with Gasteiger partial charge in [-0.2, -0.15) is 0 Å². The largest absolute Gasteiger partial charge is 0.457 e. The maximum absolute atomic E-state index is 6.82. The molecule has 0 N–H and O–H groups in total. The van der Waals surface area contributed by atoms with Crippen LogP contribution in [0, 0.1) is 0 Å². The molecule has 2 aliphatic carbocycles. The van der Waals surface area contributed by atoms with Crippen LogP contribution in [-0.2, 0) is 10.8 Å². The minimum Gasteiger partial charge on any atom is -0.457 e. The summed E-state index contributed by atoms with van der Waals surface area (Å²) in [6.07, 6.45) is 0. The minimum atomic E-state index is -0.488. The smallest absolute Gasteiger partial charge is 0.132 e. The molecule has 2 unspecified atom stereocenters. The van der Waals surface area contributed by atoms with E-state index in [0.29, 0.717) is 0 Å². The van der Waals surface area contributed by atoms with Crippen LogP contribution in [0.4, 0.5) is 0 Å². The summed E-state index contributed by atoms with van der Waals surface area (Å²) in [6, 6.07) is 64.9. The van der Waals surface area contributed by atoms with Gasteiger partial charge in [0.25, 0.3) is 0 Å². The first kappa shape index (κ1) is 27.7. The summed E-state index contributed by atoms with van der Waals surface area (Å²) in [5.41, 5.74) is 15.8. The number of hydrogen-bond donors (Lipinski definition) is 0. The van der Waals surface area contributed by atoms with Gasteiger partial charge >= 0.3 is 0 Å². The van der Waals surface area contributed by atoms with Gasteiger partial charge < -0.3 is 4.74 Å². The number of ether oxygens (including phenoxy) is 1. The molecule has 0 saturated carbocycles. The molecule has 1 aliphatic heterocycles. The molecule has 1 heterocycles. The first-order valence-electron chi connectivity index (χ1n) is 17.5. The van der Waals surface area contributed by atoms with E-state index in [0.717, 1.165) is 11.5 Å². The minimum absolute atomic E-state index is 0.453. The van der Waals surface area contributed by atoms with Gasteiger partial charge in [0.15, 0.2) is 0 Å². The van der Waals surface area contributed by atoms with Crippen LogP contribution in [0.1, 0.15) is 45.9 Å². The van der Waals surface area contributed by atoms with Crippen LogP contribution < -0.4 is 4.74 Å². The maximum Gasteiger partial charge on any atom is 0.132 e. The predicted octanol–water partition coefficient (Wildman–Crippen LogP) is 12.3. The topological polar surface area (TPSA) is 9.23 Å². The van der Waals surface area contributed by atoms with Crippen molar-refractivity contribution in [3.8, 4) is 44.9 Å². The fourth-order valence-corrected chi connectivity index (χ4v) is 9.84. The normalized spacial score (nSPS) is 18.8. The Hall–Kier alpha value is -6.18. The molecular weight excluding hydrogens is 605 g/mol. The zero-order chi connectivity index (χ0) is 33.0. The van der Waals surface area contributed by atoms with Gasteiger partial charge in [0.05, 0.1) is 10.8 Å². The van der Waals surface area contributed by atoms with Gasteiger partial charge in [-0.25, -0.2) is 0 Å². The van der Waals surface area contributed by atoms with Crippen molar-refractivity contribution >= 4 is 10.8 Å². The molecule has 0 amide bonds. The van der Waals surface area contributed by atoms with Crippen LogP contribution >= 0.6 is 0 Å². The van der Waals surface area contributed by atoms with Crippen LogP contribution in [0.5, 0.6) is 11.5 Å². The van der Waals surface area contributed by atoms with Crippen LogP contribution in [0.15, 0.2) is 176 Å². The number of hydrogen-bond acceptors (Lipinski definition) is 1. The average Bonchev–Trinajstić information content (AvgIpc) is 3.66. The van der Waals surface area contributed by atoms with E-state index in [1.807, 2.05) is 0 Å². The zero-order valence-corrected chi connectivity index (χ0v) is 27.7. The molecule has 0 bridgehead atoms. The van der Waals surface area contributed by atoms with Gasteiger partial charge in [0, 0.05) is 11.1 Å². The molecule has 1 heteroatoms. The number of para-hydroxylation sites is 1. The standard InChI is InChI=1S/C49H32O/c1-48(32-16-3-2-4-17-32)41-26-11-12-27-43(41)50-44-28-14-23-37(47(44)48)36-22-13-21-35-34-19-7-9-24-39(34)49(46(35)36)40-25-10-8-20-38(40)45-33-18-6-5-15-31(33)29-30-42(45)49/h2-30H,1H3.